The summed E-state index contributed by atoms with van der Waals surface area (Å²) in [6, 6.07) is 0.342. The van der Waals surface area contributed by atoms with E-state index in [0.29, 0.717) is 24.0 Å². The zero-order valence-electron chi connectivity index (χ0n) is 13.0. The van der Waals surface area contributed by atoms with Gasteiger partial charge in [0.1, 0.15) is 0 Å². The summed E-state index contributed by atoms with van der Waals surface area (Å²) in [5.41, 5.74) is 0. The van der Waals surface area contributed by atoms with Crippen molar-refractivity contribution in [3.05, 3.63) is 0 Å². The molecule has 2 bridgehead atoms. The molecule has 0 aliphatic carbocycles. The fourth-order valence-electron chi connectivity index (χ4n) is 4.08. The molecule has 3 rings (SSSR count). The summed E-state index contributed by atoms with van der Waals surface area (Å²) < 4.78 is 5.97. The Hall–Kier alpha value is -0.610. The Balaban J connectivity index is 1.74. The highest BCUT2D eigenvalue weighted by atomic mass is 16.5. The number of nitrogens with zero attached hydrogens (tertiary/aromatic N) is 1. The summed E-state index contributed by atoms with van der Waals surface area (Å²) in [4.78, 5) is 14.9. The van der Waals surface area contributed by atoms with Gasteiger partial charge in [-0.25, -0.2) is 0 Å². The number of hydrogen-bond acceptors (Lipinski definition) is 3. The van der Waals surface area contributed by atoms with Crippen LogP contribution < -0.4 is 5.32 Å². The molecular formula is C16H28N2O2. The Morgan fingerprint density at radius 3 is 2.75 bits per heavy atom. The van der Waals surface area contributed by atoms with Gasteiger partial charge in [0.2, 0.25) is 5.91 Å². The van der Waals surface area contributed by atoms with E-state index in [0.717, 1.165) is 32.1 Å². The van der Waals surface area contributed by atoms with Crippen LogP contribution in [0.4, 0.5) is 0 Å². The van der Waals surface area contributed by atoms with Crippen LogP contribution in [0, 0.1) is 5.92 Å². The second kappa shape index (κ2) is 5.64. The van der Waals surface area contributed by atoms with Gasteiger partial charge in [-0.3, -0.25) is 10.1 Å². The number of ether oxygens (including phenoxy) is 1. The van der Waals surface area contributed by atoms with Crippen molar-refractivity contribution in [3.63, 3.8) is 0 Å². The second-order valence-corrected chi connectivity index (χ2v) is 6.97. The van der Waals surface area contributed by atoms with E-state index in [1.165, 1.54) is 6.42 Å². The van der Waals surface area contributed by atoms with Gasteiger partial charge >= 0.3 is 0 Å². The Kier molecular flexibility index (Phi) is 4.04. The quantitative estimate of drug-likeness (QED) is 0.840. The molecule has 0 aromatic rings. The maximum absolute atomic E-state index is 12.8. The van der Waals surface area contributed by atoms with Crippen LogP contribution in [0.15, 0.2) is 0 Å². The van der Waals surface area contributed by atoms with Crippen LogP contribution in [0.3, 0.4) is 0 Å². The molecule has 0 radical (unpaired) electrons. The highest BCUT2D eigenvalue weighted by Crippen LogP contribution is 2.40. The van der Waals surface area contributed by atoms with Crippen molar-refractivity contribution in [2.24, 2.45) is 5.92 Å². The molecule has 0 saturated carbocycles. The first kappa shape index (κ1) is 14.3. The van der Waals surface area contributed by atoms with Crippen molar-refractivity contribution in [1.82, 2.24) is 10.2 Å². The van der Waals surface area contributed by atoms with Crippen molar-refractivity contribution >= 4 is 5.91 Å². The average molecular weight is 280 g/mol. The summed E-state index contributed by atoms with van der Waals surface area (Å²) in [6.45, 7) is 6.59. The minimum absolute atomic E-state index is 0.0291. The van der Waals surface area contributed by atoms with Gasteiger partial charge in [-0.05, 0) is 31.6 Å². The number of rotatable bonds is 5. The smallest absolute Gasteiger partial charge is 0.241 e. The van der Waals surface area contributed by atoms with Gasteiger partial charge in [0.05, 0.1) is 30.5 Å². The lowest BCUT2D eigenvalue weighted by Gasteiger charge is -2.35. The van der Waals surface area contributed by atoms with Crippen molar-refractivity contribution in [2.75, 3.05) is 0 Å². The van der Waals surface area contributed by atoms with Crippen LogP contribution in [0.1, 0.15) is 59.3 Å². The Bertz CT molecular complexity index is 371. The van der Waals surface area contributed by atoms with Crippen LogP contribution in [-0.2, 0) is 9.53 Å². The van der Waals surface area contributed by atoms with Crippen LogP contribution in [-0.4, -0.2) is 41.3 Å². The molecule has 4 nitrogen and oxygen atoms in total. The van der Waals surface area contributed by atoms with Gasteiger partial charge in [0.25, 0.3) is 0 Å². The molecule has 0 aromatic heterocycles. The molecule has 1 N–H and O–H groups in total. The molecule has 3 saturated heterocycles. The number of nitrogens with one attached hydrogen (secondary N) is 1. The molecule has 4 heteroatoms. The molecule has 3 heterocycles. The number of fused-ring (bicyclic) bond motifs is 2. The third-order valence-corrected chi connectivity index (χ3v) is 5.13. The van der Waals surface area contributed by atoms with E-state index in [9.17, 15) is 4.79 Å². The van der Waals surface area contributed by atoms with Gasteiger partial charge in [-0.1, -0.05) is 33.6 Å². The summed E-state index contributed by atoms with van der Waals surface area (Å²) >= 11 is 0. The van der Waals surface area contributed by atoms with Crippen molar-refractivity contribution in [1.29, 1.82) is 0 Å². The maximum Gasteiger partial charge on any atom is 0.241 e. The molecule has 1 amide bonds. The summed E-state index contributed by atoms with van der Waals surface area (Å²) in [7, 11) is 0. The van der Waals surface area contributed by atoms with E-state index in [4.69, 9.17) is 4.74 Å². The van der Waals surface area contributed by atoms with E-state index >= 15 is 0 Å². The van der Waals surface area contributed by atoms with Crippen LogP contribution in [0.5, 0.6) is 0 Å². The van der Waals surface area contributed by atoms with Gasteiger partial charge in [0.15, 0.2) is 0 Å². The number of hydrogen-bond donors (Lipinski definition) is 1. The molecule has 114 valence electrons. The lowest BCUT2D eigenvalue weighted by molar-refractivity contribution is -0.134. The monoisotopic (exact) mass is 280 g/mol. The van der Waals surface area contributed by atoms with Gasteiger partial charge in [-0.2, -0.15) is 0 Å². The van der Waals surface area contributed by atoms with Crippen molar-refractivity contribution < 1.29 is 9.53 Å². The fourth-order valence-corrected chi connectivity index (χ4v) is 4.08. The average Bonchev–Trinajstić information content (AvgIpc) is 3.10. The first-order valence-electron chi connectivity index (χ1n) is 8.35. The molecule has 20 heavy (non-hydrogen) atoms. The summed E-state index contributed by atoms with van der Waals surface area (Å²) in [5.74, 6) is 0.767. The summed E-state index contributed by atoms with van der Waals surface area (Å²) in [6.07, 6.45) is 7.48. The molecule has 3 fully saturated rings. The van der Waals surface area contributed by atoms with Gasteiger partial charge in [0, 0.05) is 0 Å². The Labute approximate surface area is 122 Å². The lowest BCUT2D eigenvalue weighted by atomic mass is 9.93. The van der Waals surface area contributed by atoms with Gasteiger partial charge in [-0.15, -0.1) is 0 Å². The number of unbranched alkanes of at least 4 members (excludes halogenated alkanes) is 1. The molecule has 5 atom stereocenters. The third-order valence-electron chi connectivity index (χ3n) is 5.13. The van der Waals surface area contributed by atoms with E-state index in [2.05, 4.69) is 31.0 Å². The largest absolute Gasteiger partial charge is 0.373 e. The Morgan fingerprint density at radius 1 is 1.40 bits per heavy atom. The maximum atomic E-state index is 12.8. The molecule has 5 unspecified atom stereocenters. The molecule has 0 aromatic carbocycles. The van der Waals surface area contributed by atoms with E-state index in [-0.39, 0.29) is 18.3 Å². The first-order valence-corrected chi connectivity index (χ1v) is 8.35. The Morgan fingerprint density at radius 2 is 2.20 bits per heavy atom. The lowest BCUT2D eigenvalue weighted by Crippen LogP contribution is -2.51. The highest BCUT2D eigenvalue weighted by molar-refractivity contribution is 5.84. The topological polar surface area (TPSA) is 41.6 Å². The minimum atomic E-state index is 0.0291. The van der Waals surface area contributed by atoms with E-state index in [1.807, 2.05) is 0 Å². The van der Waals surface area contributed by atoms with Gasteiger partial charge < -0.3 is 9.64 Å². The fraction of sp³-hybridized carbons (Fsp3) is 0.938. The molecule has 3 aliphatic heterocycles. The van der Waals surface area contributed by atoms with Crippen LogP contribution in [0.2, 0.25) is 0 Å². The number of amides is 1. The number of carbonyl (C=O) groups excluding carboxylic acids is 1. The van der Waals surface area contributed by atoms with E-state index in [1.54, 1.807) is 0 Å². The SMILES string of the molecule is CCCCC1NC(C(C)C)N(C2CC3CCC2O3)C1=O. The predicted octanol–water partition coefficient (Wildman–Crippen LogP) is 2.28. The molecule has 0 spiro atoms. The van der Waals surface area contributed by atoms with Crippen LogP contribution >= 0.6 is 0 Å². The highest BCUT2D eigenvalue weighted by Gasteiger charge is 2.51. The molecule has 3 aliphatic rings. The zero-order valence-corrected chi connectivity index (χ0v) is 13.0. The predicted molar refractivity (Wildman–Crippen MR) is 78.2 cm³/mol. The normalized spacial score (nSPS) is 40.3. The standard InChI is InChI=1S/C16H28N2O2/c1-4-5-6-12-16(19)18(15(17-12)10(2)3)13-9-11-7-8-14(13)20-11/h10-15,17H,4-9H2,1-3H3. The second-order valence-electron chi connectivity index (χ2n) is 6.97. The van der Waals surface area contributed by atoms with Crippen LogP contribution in [0.25, 0.3) is 0 Å². The van der Waals surface area contributed by atoms with Crippen molar-refractivity contribution in [3.8, 4) is 0 Å². The van der Waals surface area contributed by atoms with E-state index < -0.39 is 0 Å². The minimum Gasteiger partial charge on any atom is -0.373 e. The first-order chi connectivity index (χ1) is 9.61. The zero-order chi connectivity index (χ0) is 14.3. The third kappa shape index (κ3) is 2.37. The number of carbonyl (C=O) groups is 1. The van der Waals surface area contributed by atoms with Crippen molar-refractivity contribution in [2.45, 2.75) is 89.8 Å². The molecular weight excluding hydrogens is 252 g/mol. The summed E-state index contributed by atoms with van der Waals surface area (Å²) in [5, 5.41) is 3.58.